The lowest BCUT2D eigenvalue weighted by molar-refractivity contribution is 0.440. The lowest BCUT2D eigenvalue weighted by Gasteiger charge is -2.34. The molecule has 0 spiro atoms. The van der Waals surface area contributed by atoms with Crippen molar-refractivity contribution in [2.24, 2.45) is 0 Å². The van der Waals surface area contributed by atoms with E-state index in [4.69, 9.17) is 46.4 Å². The molecule has 0 aliphatic carbocycles. The minimum Gasteiger partial charge on any atom is -0.508 e. The second-order valence-corrected chi connectivity index (χ2v) is 9.36. The van der Waals surface area contributed by atoms with Gasteiger partial charge in [-0.15, -0.1) is 0 Å². The summed E-state index contributed by atoms with van der Waals surface area (Å²) < 4.78 is 34.0. The maximum Gasteiger partial charge on any atom is 0.283 e. The van der Waals surface area contributed by atoms with Gasteiger partial charge in [-0.05, 0) is 53.6 Å². The third kappa shape index (κ3) is 3.77. The Morgan fingerprint density at radius 3 is 1.76 bits per heavy atom. The molecule has 0 fully saturated rings. The van der Waals surface area contributed by atoms with Crippen molar-refractivity contribution in [3.05, 3.63) is 91.4 Å². The molecule has 0 saturated carbocycles. The maximum absolute atomic E-state index is 13.0. The summed E-state index contributed by atoms with van der Waals surface area (Å²) in [4.78, 5) is 0. The van der Waals surface area contributed by atoms with E-state index in [-0.39, 0.29) is 37.0 Å². The Labute approximate surface area is 186 Å². The number of hydrogen-bond acceptors (Lipinski definition) is 4. The van der Waals surface area contributed by atoms with Crippen LogP contribution in [0, 0.1) is 0 Å². The van der Waals surface area contributed by atoms with Gasteiger partial charge in [0.1, 0.15) is 11.5 Å². The average Bonchev–Trinajstić information content (AvgIpc) is 2.61. The number of rotatable bonds is 4. The van der Waals surface area contributed by atoms with Crippen LogP contribution in [0.25, 0.3) is 0 Å². The summed E-state index contributed by atoms with van der Waals surface area (Å²) in [5.74, 6) is -0.801. The maximum atomic E-state index is 13.0. The predicted octanol–water partition coefficient (Wildman–Crippen LogP) is 5.89. The van der Waals surface area contributed by atoms with Crippen molar-refractivity contribution >= 4 is 56.5 Å². The van der Waals surface area contributed by atoms with Gasteiger partial charge in [-0.2, -0.15) is 8.42 Å². The number of benzene rings is 3. The second-order valence-electron chi connectivity index (χ2n) is 6.11. The molecule has 0 bridgehead atoms. The van der Waals surface area contributed by atoms with Crippen LogP contribution in [0.4, 0.5) is 0 Å². The highest BCUT2D eigenvalue weighted by Gasteiger charge is 2.52. The zero-order chi connectivity index (χ0) is 21.6. The summed E-state index contributed by atoms with van der Waals surface area (Å²) in [6.07, 6.45) is 0. The van der Waals surface area contributed by atoms with E-state index >= 15 is 0 Å². The summed E-state index contributed by atoms with van der Waals surface area (Å²) in [6.45, 7) is 0. The summed E-state index contributed by atoms with van der Waals surface area (Å²) in [5, 5.41) is 20.1. The van der Waals surface area contributed by atoms with Crippen LogP contribution in [0.2, 0.25) is 20.1 Å². The number of phenols is 2. The number of aromatic hydroxyl groups is 2. The summed E-state index contributed by atoms with van der Waals surface area (Å²) in [7, 11) is -5.10. The zero-order valence-electron chi connectivity index (χ0n) is 14.3. The SMILES string of the molecule is O=S(=O)(O)C(c1ccc(O)cc1)(c1cc(Cl)cc(Cl)c1)c1c(Cl)ccc(Cl)c1O. The topological polar surface area (TPSA) is 94.8 Å². The van der Waals surface area contributed by atoms with E-state index < -0.39 is 26.2 Å². The molecule has 5 nitrogen and oxygen atoms in total. The van der Waals surface area contributed by atoms with Gasteiger partial charge in [0.15, 0.2) is 4.75 Å². The average molecular weight is 494 g/mol. The van der Waals surface area contributed by atoms with Crippen LogP contribution in [0.3, 0.4) is 0 Å². The third-order valence-electron chi connectivity index (χ3n) is 4.36. The van der Waals surface area contributed by atoms with E-state index in [1.54, 1.807) is 0 Å². The molecule has 152 valence electrons. The van der Waals surface area contributed by atoms with Crippen LogP contribution < -0.4 is 0 Å². The molecule has 0 aromatic heterocycles. The highest BCUT2D eigenvalue weighted by molar-refractivity contribution is 7.87. The molecule has 1 unspecified atom stereocenters. The van der Waals surface area contributed by atoms with E-state index in [1.165, 1.54) is 54.6 Å². The minimum atomic E-state index is -5.10. The molecular formula is C19H12Cl4O5S. The molecule has 3 aromatic rings. The first-order valence-electron chi connectivity index (χ1n) is 7.89. The largest absolute Gasteiger partial charge is 0.508 e. The Morgan fingerprint density at radius 2 is 1.24 bits per heavy atom. The fraction of sp³-hybridized carbons (Fsp3) is 0.0526. The Kier molecular flexibility index (Phi) is 5.98. The van der Waals surface area contributed by atoms with Crippen molar-refractivity contribution < 1.29 is 23.2 Å². The van der Waals surface area contributed by atoms with Crippen LogP contribution in [0.1, 0.15) is 16.7 Å². The van der Waals surface area contributed by atoms with Crippen LogP contribution >= 0.6 is 46.4 Å². The summed E-state index contributed by atoms with van der Waals surface area (Å²) >= 11 is 24.5. The van der Waals surface area contributed by atoms with E-state index in [0.29, 0.717) is 0 Å². The molecule has 10 heteroatoms. The van der Waals surface area contributed by atoms with Gasteiger partial charge in [0, 0.05) is 20.6 Å². The van der Waals surface area contributed by atoms with E-state index in [1.807, 2.05) is 0 Å². The molecule has 3 aromatic carbocycles. The van der Waals surface area contributed by atoms with Crippen LogP contribution in [-0.2, 0) is 14.9 Å². The smallest absolute Gasteiger partial charge is 0.283 e. The van der Waals surface area contributed by atoms with E-state index in [9.17, 15) is 23.2 Å². The first-order valence-corrected chi connectivity index (χ1v) is 10.8. The first kappa shape index (κ1) is 22.0. The molecule has 0 heterocycles. The van der Waals surface area contributed by atoms with Crippen molar-refractivity contribution in [1.29, 1.82) is 0 Å². The fourth-order valence-electron chi connectivity index (χ4n) is 3.21. The van der Waals surface area contributed by atoms with Crippen LogP contribution in [0.15, 0.2) is 54.6 Å². The lowest BCUT2D eigenvalue weighted by Crippen LogP contribution is -2.38. The van der Waals surface area contributed by atoms with Crippen LogP contribution in [0.5, 0.6) is 11.5 Å². The number of hydrogen-bond donors (Lipinski definition) is 3. The molecule has 0 aliphatic rings. The molecule has 3 rings (SSSR count). The van der Waals surface area contributed by atoms with E-state index in [2.05, 4.69) is 0 Å². The van der Waals surface area contributed by atoms with Gasteiger partial charge in [0.25, 0.3) is 10.1 Å². The number of phenolic OH excluding ortho intramolecular Hbond substituents is 2. The molecule has 1 atom stereocenters. The second kappa shape index (κ2) is 7.87. The fourth-order valence-corrected chi connectivity index (χ4v) is 5.56. The third-order valence-corrected chi connectivity index (χ3v) is 6.87. The summed E-state index contributed by atoms with van der Waals surface area (Å²) in [6, 6.07) is 11.4. The quantitative estimate of drug-likeness (QED) is 0.311. The first-order chi connectivity index (χ1) is 13.5. The molecular weight excluding hydrogens is 482 g/mol. The monoisotopic (exact) mass is 492 g/mol. The number of halogens is 4. The molecule has 0 aliphatic heterocycles. The van der Waals surface area contributed by atoms with Crippen molar-refractivity contribution in [2.45, 2.75) is 4.75 Å². The van der Waals surface area contributed by atoms with Gasteiger partial charge in [-0.1, -0.05) is 58.5 Å². The Balaban J connectivity index is 2.63. The van der Waals surface area contributed by atoms with Gasteiger partial charge in [0.05, 0.1) is 5.02 Å². The van der Waals surface area contributed by atoms with Crippen molar-refractivity contribution in [3.8, 4) is 11.5 Å². The highest BCUT2D eigenvalue weighted by Crippen LogP contribution is 2.52. The standard InChI is InChI=1S/C19H12Cl4O5S/c20-12-7-11(8-13(21)9-12)19(29(26,27)28,10-1-3-14(24)4-2-10)17-15(22)5-6-16(23)18(17)25/h1-9,24-25H,(H,26,27,28). The Bertz CT molecular complexity index is 1180. The van der Waals surface area contributed by atoms with Crippen molar-refractivity contribution in [2.75, 3.05) is 0 Å². The van der Waals surface area contributed by atoms with E-state index in [0.717, 1.165) is 0 Å². The predicted molar refractivity (Wildman–Crippen MR) is 114 cm³/mol. The zero-order valence-corrected chi connectivity index (χ0v) is 18.1. The minimum absolute atomic E-state index is 0.0457. The van der Waals surface area contributed by atoms with Gasteiger partial charge in [-0.3, -0.25) is 4.55 Å². The van der Waals surface area contributed by atoms with Gasteiger partial charge < -0.3 is 10.2 Å². The normalized spacial score (nSPS) is 13.8. The molecule has 0 saturated heterocycles. The molecule has 0 radical (unpaired) electrons. The van der Waals surface area contributed by atoms with Gasteiger partial charge >= 0.3 is 0 Å². The summed E-state index contributed by atoms with van der Waals surface area (Å²) in [5.41, 5.74) is -0.531. The molecule has 3 N–H and O–H groups in total. The van der Waals surface area contributed by atoms with Crippen molar-refractivity contribution in [3.63, 3.8) is 0 Å². The van der Waals surface area contributed by atoms with Gasteiger partial charge in [-0.25, -0.2) is 0 Å². The van der Waals surface area contributed by atoms with Crippen molar-refractivity contribution in [1.82, 2.24) is 0 Å². The Hall–Kier alpha value is -1.67. The molecule has 29 heavy (non-hydrogen) atoms. The van der Waals surface area contributed by atoms with Gasteiger partial charge in [0.2, 0.25) is 0 Å². The Morgan fingerprint density at radius 1 is 0.724 bits per heavy atom. The lowest BCUT2D eigenvalue weighted by atomic mass is 9.83. The van der Waals surface area contributed by atoms with Crippen LogP contribution in [-0.4, -0.2) is 23.2 Å². The highest BCUT2D eigenvalue weighted by atomic mass is 35.5. The molecule has 0 amide bonds.